The van der Waals surface area contributed by atoms with Crippen molar-refractivity contribution < 1.29 is 36.2 Å². The first-order valence-electron chi connectivity index (χ1n) is 7.54. The molecule has 1 aromatic rings. The van der Waals surface area contributed by atoms with Crippen molar-refractivity contribution in [1.82, 2.24) is 0 Å². The summed E-state index contributed by atoms with van der Waals surface area (Å²) in [6.45, 7) is -0.134. The molecule has 0 amide bonds. The van der Waals surface area contributed by atoms with Gasteiger partial charge in [-0.3, -0.25) is 0 Å². The van der Waals surface area contributed by atoms with E-state index in [-0.39, 0.29) is 18.4 Å². The largest absolute Gasteiger partial charge is 0.501 e. The first-order valence-corrected chi connectivity index (χ1v) is 9.02. The highest BCUT2D eigenvalue weighted by atomic mass is 32.2. The van der Waals surface area contributed by atoms with E-state index < -0.39 is 26.2 Å². The van der Waals surface area contributed by atoms with E-state index in [1.165, 1.54) is 19.3 Å². The van der Waals surface area contributed by atoms with Crippen molar-refractivity contribution >= 4 is 21.5 Å². The summed E-state index contributed by atoms with van der Waals surface area (Å²) in [5.74, 6) is -0.865. The molecule has 1 aliphatic carbocycles. The summed E-state index contributed by atoms with van der Waals surface area (Å²) < 4.78 is 62.7. The number of hydrogen-bond donors (Lipinski definition) is 2. The number of rotatable bonds is 4. The zero-order valence-electron chi connectivity index (χ0n) is 13.3. The van der Waals surface area contributed by atoms with E-state index in [2.05, 4.69) is 0 Å². The highest BCUT2D eigenvalue weighted by Gasteiger charge is 2.46. The smallest absolute Gasteiger partial charge is 0.480 e. The summed E-state index contributed by atoms with van der Waals surface area (Å²) in [5, 5.41) is 8.32. The number of carboxylic acids is 1. The summed E-state index contributed by atoms with van der Waals surface area (Å²) in [6, 6.07) is 3.83. The van der Waals surface area contributed by atoms with Crippen LogP contribution in [0.5, 0.6) is 0 Å². The maximum Gasteiger partial charge on any atom is 0.501 e. The quantitative estimate of drug-likeness (QED) is 0.774. The summed E-state index contributed by atoms with van der Waals surface area (Å²) in [5.41, 5.74) is 0.128. The second kappa shape index (κ2) is 9.04. The van der Waals surface area contributed by atoms with Gasteiger partial charge in [-0.05, 0) is 37.1 Å². The molecule has 0 radical (unpaired) electrons. The molecule has 1 fully saturated rings. The van der Waals surface area contributed by atoms with Crippen LogP contribution in [0.25, 0.3) is 0 Å². The molecule has 0 heterocycles. The first kappa shape index (κ1) is 21.2. The zero-order chi connectivity index (χ0) is 19.1. The van der Waals surface area contributed by atoms with E-state index in [1.54, 1.807) is 0 Å². The molecule has 6 nitrogen and oxygen atoms in total. The number of benzene rings is 1. The van der Waals surface area contributed by atoms with Crippen molar-refractivity contribution in [1.29, 1.82) is 0 Å². The molecule has 0 bridgehead atoms. The predicted octanol–water partition coefficient (Wildman–Crippen LogP) is 2.98. The third-order valence-corrected chi connectivity index (χ3v) is 4.99. The minimum atomic E-state index is -5.27. The number of ether oxygens (including phenoxy) is 1. The van der Waals surface area contributed by atoms with Gasteiger partial charge in [-0.1, -0.05) is 19.3 Å². The second-order valence-electron chi connectivity index (χ2n) is 5.48. The van der Waals surface area contributed by atoms with Crippen LogP contribution in [0, 0.1) is 0 Å². The number of nitrogen functional groups attached to an aromatic ring is 1. The normalized spacial score (nSPS) is 16.0. The molecule has 1 aromatic carbocycles. The standard InChI is InChI=1S/C8H14O3.C7H6F3NO2S/c9-8(10)6-11-7-4-2-1-3-5-7;8-7(9,10)14(12,13)6-3-1-5(11)2-4-6/h7H,1-6H2,(H,9,10);1-4H,11H2. The van der Waals surface area contributed by atoms with Gasteiger partial charge >= 0.3 is 11.5 Å². The number of aliphatic carboxylic acids is 1. The van der Waals surface area contributed by atoms with E-state index in [9.17, 15) is 26.4 Å². The molecule has 0 aromatic heterocycles. The lowest BCUT2D eigenvalue weighted by Gasteiger charge is -2.20. The predicted molar refractivity (Wildman–Crippen MR) is 84.6 cm³/mol. The van der Waals surface area contributed by atoms with Gasteiger partial charge in [0.25, 0.3) is 9.84 Å². The molecule has 0 unspecified atom stereocenters. The number of alkyl halides is 3. The maximum atomic E-state index is 12.0. The molecule has 1 aliphatic rings. The van der Waals surface area contributed by atoms with Crippen LogP contribution in [0.15, 0.2) is 29.2 Å². The van der Waals surface area contributed by atoms with Crippen molar-refractivity contribution in [3.63, 3.8) is 0 Å². The van der Waals surface area contributed by atoms with Gasteiger partial charge in [-0.15, -0.1) is 0 Å². The van der Waals surface area contributed by atoms with Gasteiger partial charge < -0.3 is 15.6 Å². The highest BCUT2D eigenvalue weighted by Crippen LogP contribution is 2.30. The molecular formula is C15H20F3NO5S. The second-order valence-corrected chi connectivity index (χ2v) is 7.42. The Morgan fingerprint density at radius 1 is 1.16 bits per heavy atom. The van der Waals surface area contributed by atoms with Crippen LogP contribution >= 0.6 is 0 Å². The SMILES string of the molecule is Nc1ccc(S(=O)(=O)C(F)(F)F)cc1.O=C(O)COC1CCCCC1. The summed E-state index contributed by atoms with van der Waals surface area (Å²) >= 11 is 0. The highest BCUT2D eigenvalue weighted by molar-refractivity contribution is 7.92. The molecule has 2 rings (SSSR count). The van der Waals surface area contributed by atoms with Gasteiger partial charge in [-0.25, -0.2) is 13.2 Å². The number of carbonyl (C=O) groups is 1. The van der Waals surface area contributed by atoms with Crippen LogP contribution in [-0.2, 0) is 19.4 Å². The van der Waals surface area contributed by atoms with Crippen LogP contribution in [0.3, 0.4) is 0 Å². The lowest BCUT2D eigenvalue weighted by Crippen LogP contribution is -2.23. The monoisotopic (exact) mass is 383 g/mol. The Morgan fingerprint density at radius 2 is 1.68 bits per heavy atom. The molecule has 25 heavy (non-hydrogen) atoms. The van der Waals surface area contributed by atoms with Crippen molar-refractivity contribution in [3.8, 4) is 0 Å². The van der Waals surface area contributed by atoms with Crippen LogP contribution in [-0.4, -0.2) is 37.7 Å². The van der Waals surface area contributed by atoms with Gasteiger partial charge in [0.15, 0.2) is 0 Å². The van der Waals surface area contributed by atoms with Crippen molar-refractivity contribution in [2.45, 2.75) is 48.6 Å². The van der Waals surface area contributed by atoms with Gasteiger partial charge in [0.1, 0.15) is 6.61 Å². The van der Waals surface area contributed by atoms with E-state index in [0.717, 1.165) is 37.1 Å². The Hall–Kier alpha value is -1.81. The minimum Gasteiger partial charge on any atom is -0.480 e. The van der Waals surface area contributed by atoms with Crippen LogP contribution in [0.1, 0.15) is 32.1 Å². The molecule has 3 N–H and O–H groups in total. The average molecular weight is 383 g/mol. The summed E-state index contributed by atoms with van der Waals surface area (Å²) in [4.78, 5) is 9.31. The molecule has 0 atom stereocenters. The van der Waals surface area contributed by atoms with Gasteiger partial charge in [0.05, 0.1) is 11.0 Å². The van der Waals surface area contributed by atoms with Gasteiger partial charge in [-0.2, -0.15) is 13.2 Å². The Kier molecular flexibility index (Phi) is 7.68. The fourth-order valence-electron chi connectivity index (χ4n) is 2.20. The molecule has 142 valence electrons. The Balaban J connectivity index is 0.000000257. The zero-order valence-corrected chi connectivity index (χ0v) is 14.1. The summed E-state index contributed by atoms with van der Waals surface area (Å²) in [6.07, 6.45) is 5.92. The third-order valence-electron chi connectivity index (χ3n) is 3.49. The van der Waals surface area contributed by atoms with E-state index in [0.29, 0.717) is 0 Å². The van der Waals surface area contributed by atoms with Crippen molar-refractivity contribution in [2.24, 2.45) is 0 Å². The van der Waals surface area contributed by atoms with E-state index in [1.807, 2.05) is 0 Å². The van der Waals surface area contributed by atoms with Crippen LogP contribution in [0.2, 0.25) is 0 Å². The Labute approximate surface area is 143 Å². The average Bonchev–Trinajstić information content (AvgIpc) is 2.54. The topological polar surface area (TPSA) is 107 Å². The molecule has 10 heteroatoms. The molecule has 0 aliphatic heterocycles. The fraction of sp³-hybridized carbons (Fsp3) is 0.533. The maximum absolute atomic E-state index is 12.0. The fourth-order valence-corrected chi connectivity index (χ4v) is 2.96. The molecule has 1 saturated carbocycles. The number of nitrogens with two attached hydrogens (primary N) is 1. The number of anilines is 1. The summed E-state index contributed by atoms with van der Waals surface area (Å²) in [7, 11) is -5.25. The third kappa shape index (κ3) is 6.91. The van der Waals surface area contributed by atoms with Crippen LogP contribution in [0.4, 0.5) is 18.9 Å². The minimum absolute atomic E-state index is 0.134. The lowest BCUT2D eigenvalue weighted by molar-refractivity contribution is -0.145. The Bertz CT molecular complexity index is 653. The number of halogens is 3. The van der Waals surface area contributed by atoms with Crippen LogP contribution < -0.4 is 5.73 Å². The first-order chi connectivity index (χ1) is 11.5. The molecule has 0 spiro atoms. The van der Waals surface area contributed by atoms with Crippen molar-refractivity contribution in [3.05, 3.63) is 24.3 Å². The number of sulfone groups is 1. The lowest BCUT2D eigenvalue weighted by atomic mass is 9.98. The van der Waals surface area contributed by atoms with Gasteiger partial charge in [0, 0.05) is 5.69 Å². The number of carboxylic acid groups (broad SMARTS) is 1. The Morgan fingerprint density at radius 3 is 2.12 bits per heavy atom. The van der Waals surface area contributed by atoms with E-state index in [4.69, 9.17) is 15.6 Å². The van der Waals surface area contributed by atoms with Gasteiger partial charge in [0.2, 0.25) is 0 Å². The van der Waals surface area contributed by atoms with Crippen molar-refractivity contribution in [2.75, 3.05) is 12.3 Å². The molecule has 0 saturated heterocycles. The molecular weight excluding hydrogens is 363 g/mol. The number of hydrogen-bond acceptors (Lipinski definition) is 5. The van der Waals surface area contributed by atoms with E-state index >= 15 is 0 Å².